The Balaban J connectivity index is 2.96. The van der Waals surface area contributed by atoms with Gasteiger partial charge in [0, 0.05) is 0 Å². The van der Waals surface area contributed by atoms with Crippen molar-refractivity contribution in [2.45, 2.75) is 53.9 Å². The smallest absolute Gasteiger partial charge is 0.122 e. The van der Waals surface area contributed by atoms with Crippen molar-refractivity contribution < 1.29 is 4.74 Å². The van der Waals surface area contributed by atoms with Crippen LogP contribution in [0.25, 0.3) is 0 Å². The zero-order valence-corrected chi connectivity index (χ0v) is 12.5. The molecule has 0 heterocycles. The molecule has 0 aromatic heterocycles. The number of rotatable bonds is 6. The zero-order chi connectivity index (χ0) is 13.5. The maximum absolute atomic E-state index is 5.81. The van der Waals surface area contributed by atoms with Crippen LogP contribution in [0.5, 0.6) is 5.75 Å². The van der Waals surface area contributed by atoms with E-state index in [-0.39, 0.29) is 0 Å². The normalized spacial score (nSPS) is 11.2. The highest BCUT2D eigenvalue weighted by molar-refractivity contribution is 5.48. The molecule has 0 spiro atoms. The fourth-order valence-electron chi connectivity index (χ4n) is 2.24. The number of benzene rings is 1. The van der Waals surface area contributed by atoms with Gasteiger partial charge in [0.25, 0.3) is 0 Å². The molecule has 0 fully saturated rings. The Morgan fingerprint density at radius 3 is 2.50 bits per heavy atom. The Morgan fingerprint density at radius 1 is 1.17 bits per heavy atom. The predicted octanol–water partition coefficient (Wildman–Crippen LogP) is 4.91. The summed E-state index contributed by atoms with van der Waals surface area (Å²) in [7, 11) is 0. The molecular formula is C17H26O. The molecular weight excluding hydrogens is 220 g/mol. The largest absolute Gasteiger partial charge is 0.493 e. The Labute approximate surface area is 112 Å². The minimum atomic E-state index is 0.803. The van der Waals surface area contributed by atoms with Gasteiger partial charge in [0.05, 0.1) is 6.61 Å². The van der Waals surface area contributed by atoms with Gasteiger partial charge in [-0.15, -0.1) is 0 Å². The lowest BCUT2D eigenvalue weighted by molar-refractivity contribution is 0.315. The molecule has 1 aromatic carbocycles. The first-order chi connectivity index (χ1) is 8.61. The zero-order valence-electron chi connectivity index (χ0n) is 12.5. The first-order valence-electron chi connectivity index (χ1n) is 6.95. The highest BCUT2D eigenvalue weighted by atomic mass is 16.5. The lowest BCUT2D eigenvalue weighted by Crippen LogP contribution is -2.02. The van der Waals surface area contributed by atoms with Gasteiger partial charge < -0.3 is 4.74 Å². The highest BCUT2D eigenvalue weighted by Crippen LogP contribution is 2.28. The maximum Gasteiger partial charge on any atom is 0.122 e. The van der Waals surface area contributed by atoms with Crippen LogP contribution in [0.2, 0.25) is 0 Å². The molecule has 0 saturated carbocycles. The first-order valence-corrected chi connectivity index (χ1v) is 6.95. The summed E-state index contributed by atoms with van der Waals surface area (Å²) in [6.45, 7) is 11.6. The van der Waals surface area contributed by atoms with Crippen LogP contribution in [-0.4, -0.2) is 6.61 Å². The van der Waals surface area contributed by atoms with Crippen molar-refractivity contribution in [2.75, 3.05) is 6.61 Å². The summed E-state index contributed by atoms with van der Waals surface area (Å²) < 4.78 is 5.81. The minimum Gasteiger partial charge on any atom is -0.493 e. The van der Waals surface area contributed by atoms with Crippen LogP contribution in [0.4, 0.5) is 0 Å². The summed E-state index contributed by atoms with van der Waals surface area (Å²) in [6, 6.07) is 2.20. The number of allylic oxidation sites excluding steroid dienone is 2. The summed E-state index contributed by atoms with van der Waals surface area (Å²) in [5, 5.41) is 0. The molecule has 0 bridgehead atoms. The average molecular weight is 246 g/mol. The Kier molecular flexibility index (Phi) is 5.97. The molecule has 1 aromatic rings. The van der Waals surface area contributed by atoms with Crippen molar-refractivity contribution in [3.63, 3.8) is 0 Å². The maximum atomic E-state index is 5.81. The van der Waals surface area contributed by atoms with Crippen molar-refractivity contribution in [3.8, 4) is 5.75 Å². The molecule has 0 saturated heterocycles. The topological polar surface area (TPSA) is 9.23 Å². The van der Waals surface area contributed by atoms with Gasteiger partial charge in [-0.3, -0.25) is 0 Å². The number of hydrogen-bond acceptors (Lipinski definition) is 1. The van der Waals surface area contributed by atoms with Gasteiger partial charge in [-0.25, -0.2) is 0 Å². The van der Waals surface area contributed by atoms with E-state index >= 15 is 0 Å². The van der Waals surface area contributed by atoms with Gasteiger partial charge in [0.15, 0.2) is 0 Å². The van der Waals surface area contributed by atoms with E-state index in [1.807, 2.05) is 0 Å². The van der Waals surface area contributed by atoms with Crippen LogP contribution >= 0.6 is 0 Å². The number of hydrogen-bond donors (Lipinski definition) is 0. The average Bonchev–Trinajstić information content (AvgIpc) is 2.36. The standard InChI is InChI=1S/C17H26O/c1-6-8-9-10-16-13(3)12-17(18-11-7-2)15(5)14(16)4/h6,8,12H,7,9-11H2,1-5H3/b8-6-. The lowest BCUT2D eigenvalue weighted by atomic mass is 9.94. The molecule has 0 N–H and O–H groups in total. The van der Waals surface area contributed by atoms with E-state index in [2.05, 4.69) is 52.8 Å². The second-order valence-corrected chi connectivity index (χ2v) is 4.88. The summed E-state index contributed by atoms with van der Waals surface area (Å²) in [4.78, 5) is 0. The molecule has 1 nitrogen and oxygen atoms in total. The van der Waals surface area contributed by atoms with Gasteiger partial charge in [0.1, 0.15) is 5.75 Å². The van der Waals surface area contributed by atoms with Crippen LogP contribution in [0, 0.1) is 20.8 Å². The van der Waals surface area contributed by atoms with E-state index in [4.69, 9.17) is 4.74 Å². The third-order valence-corrected chi connectivity index (χ3v) is 3.47. The fourth-order valence-corrected chi connectivity index (χ4v) is 2.24. The number of aryl methyl sites for hydroxylation is 1. The monoisotopic (exact) mass is 246 g/mol. The Hall–Kier alpha value is -1.24. The number of ether oxygens (including phenoxy) is 1. The molecule has 1 rings (SSSR count). The summed E-state index contributed by atoms with van der Waals surface area (Å²) >= 11 is 0. The van der Waals surface area contributed by atoms with Crippen molar-refractivity contribution >= 4 is 0 Å². The fraction of sp³-hybridized carbons (Fsp3) is 0.529. The molecule has 0 aliphatic carbocycles. The van der Waals surface area contributed by atoms with Crippen LogP contribution in [0.15, 0.2) is 18.2 Å². The van der Waals surface area contributed by atoms with E-state index in [1.54, 1.807) is 0 Å². The van der Waals surface area contributed by atoms with E-state index in [1.165, 1.54) is 22.3 Å². The van der Waals surface area contributed by atoms with Crippen LogP contribution in [0.3, 0.4) is 0 Å². The summed E-state index contributed by atoms with van der Waals surface area (Å²) in [5.41, 5.74) is 5.53. The van der Waals surface area contributed by atoms with Crippen molar-refractivity contribution in [1.82, 2.24) is 0 Å². The van der Waals surface area contributed by atoms with E-state index in [0.717, 1.165) is 31.6 Å². The van der Waals surface area contributed by atoms with E-state index in [0.29, 0.717) is 0 Å². The van der Waals surface area contributed by atoms with Gasteiger partial charge in [0.2, 0.25) is 0 Å². The molecule has 0 aliphatic rings. The Morgan fingerprint density at radius 2 is 1.89 bits per heavy atom. The van der Waals surface area contributed by atoms with Crippen molar-refractivity contribution in [3.05, 3.63) is 40.5 Å². The van der Waals surface area contributed by atoms with E-state index < -0.39 is 0 Å². The molecule has 100 valence electrons. The molecule has 0 unspecified atom stereocenters. The van der Waals surface area contributed by atoms with Gasteiger partial charge in [-0.05, 0) is 75.3 Å². The first kappa shape index (κ1) is 14.8. The van der Waals surface area contributed by atoms with Crippen LogP contribution in [0.1, 0.15) is 48.9 Å². The predicted molar refractivity (Wildman–Crippen MR) is 79.6 cm³/mol. The second kappa shape index (κ2) is 7.25. The molecule has 0 radical (unpaired) electrons. The summed E-state index contributed by atoms with van der Waals surface area (Å²) in [6.07, 6.45) is 7.65. The molecule has 18 heavy (non-hydrogen) atoms. The third kappa shape index (κ3) is 3.63. The van der Waals surface area contributed by atoms with Crippen LogP contribution < -0.4 is 4.74 Å². The summed E-state index contributed by atoms with van der Waals surface area (Å²) in [5.74, 6) is 1.06. The van der Waals surface area contributed by atoms with Crippen LogP contribution in [-0.2, 0) is 6.42 Å². The quantitative estimate of drug-likeness (QED) is 0.648. The van der Waals surface area contributed by atoms with Crippen molar-refractivity contribution in [1.29, 1.82) is 0 Å². The van der Waals surface area contributed by atoms with Gasteiger partial charge >= 0.3 is 0 Å². The van der Waals surface area contributed by atoms with Gasteiger partial charge in [-0.2, -0.15) is 0 Å². The van der Waals surface area contributed by atoms with Gasteiger partial charge in [-0.1, -0.05) is 19.1 Å². The minimum absolute atomic E-state index is 0.803. The van der Waals surface area contributed by atoms with Crippen molar-refractivity contribution in [2.24, 2.45) is 0 Å². The second-order valence-electron chi connectivity index (χ2n) is 4.88. The van der Waals surface area contributed by atoms with E-state index in [9.17, 15) is 0 Å². The molecule has 1 heteroatoms. The Bertz CT molecular complexity index is 416. The highest BCUT2D eigenvalue weighted by Gasteiger charge is 2.10. The molecule has 0 atom stereocenters. The molecule has 0 amide bonds. The molecule has 0 aliphatic heterocycles. The third-order valence-electron chi connectivity index (χ3n) is 3.47. The lowest BCUT2D eigenvalue weighted by Gasteiger charge is -2.16. The SMILES string of the molecule is C/C=C\CCc1c(C)cc(OCCC)c(C)c1C.